The molecule has 7 heteroatoms. The molecule has 1 aliphatic heterocycles. The van der Waals surface area contributed by atoms with Crippen molar-refractivity contribution in [3.05, 3.63) is 29.1 Å². The van der Waals surface area contributed by atoms with Gasteiger partial charge in [0.1, 0.15) is 5.75 Å². The molecule has 1 unspecified atom stereocenters. The first-order valence-corrected chi connectivity index (χ1v) is 8.70. The number of anilines is 1. The fraction of sp³-hybridized carbons (Fsp3) is 0.412. The molecule has 0 spiro atoms. The number of hydrogen-bond acceptors (Lipinski definition) is 6. The van der Waals surface area contributed by atoms with E-state index in [1.807, 2.05) is 31.2 Å². The molecule has 128 valence electrons. The van der Waals surface area contributed by atoms with Crippen molar-refractivity contribution in [3.63, 3.8) is 0 Å². The minimum absolute atomic E-state index is 0.0481. The number of nitrogens with zero attached hydrogens (tertiary/aromatic N) is 1. The second kappa shape index (κ2) is 7.74. The topological polar surface area (TPSA) is 72.5 Å². The van der Waals surface area contributed by atoms with Gasteiger partial charge in [-0.1, -0.05) is 0 Å². The lowest BCUT2D eigenvalue weighted by molar-refractivity contribution is -0.117. The number of rotatable bonds is 5. The standard InChI is InChI=1S/C17H21N3O3S/c1-11-16(12-3-5-14(22-2)6-4-12)20-17(24-11)19-15(21)9-13-10-23-8-7-18-13/h3-6,13,18H,7-10H2,1-2H3,(H,19,20,21). The van der Waals surface area contributed by atoms with E-state index in [1.165, 1.54) is 11.3 Å². The van der Waals surface area contributed by atoms with Crippen LogP contribution in [0, 0.1) is 6.92 Å². The quantitative estimate of drug-likeness (QED) is 0.869. The van der Waals surface area contributed by atoms with Crippen molar-refractivity contribution in [2.75, 3.05) is 32.2 Å². The average Bonchev–Trinajstić information content (AvgIpc) is 2.96. The number of aryl methyl sites for hydroxylation is 1. The monoisotopic (exact) mass is 347 g/mol. The molecule has 0 saturated carbocycles. The van der Waals surface area contributed by atoms with Gasteiger partial charge in [-0.3, -0.25) is 4.79 Å². The molecule has 2 heterocycles. The first-order valence-electron chi connectivity index (χ1n) is 7.88. The maximum Gasteiger partial charge on any atom is 0.227 e. The molecular weight excluding hydrogens is 326 g/mol. The molecule has 1 fully saturated rings. The predicted molar refractivity (Wildman–Crippen MR) is 94.7 cm³/mol. The Hall–Kier alpha value is -1.96. The Balaban J connectivity index is 1.65. The van der Waals surface area contributed by atoms with Crippen LogP contribution in [0.5, 0.6) is 5.75 Å². The first kappa shape index (κ1) is 16.9. The Kier molecular flexibility index (Phi) is 5.44. The Morgan fingerprint density at radius 1 is 1.46 bits per heavy atom. The van der Waals surface area contributed by atoms with Crippen molar-refractivity contribution >= 4 is 22.4 Å². The highest BCUT2D eigenvalue weighted by Crippen LogP contribution is 2.31. The summed E-state index contributed by atoms with van der Waals surface area (Å²) in [4.78, 5) is 17.8. The molecule has 0 radical (unpaired) electrons. The van der Waals surface area contributed by atoms with Crippen LogP contribution in [0.25, 0.3) is 11.3 Å². The van der Waals surface area contributed by atoms with Crippen LogP contribution in [0.4, 0.5) is 5.13 Å². The average molecular weight is 347 g/mol. The number of carbonyl (C=O) groups excluding carboxylic acids is 1. The van der Waals surface area contributed by atoms with Gasteiger partial charge in [0.15, 0.2) is 5.13 Å². The van der Waals surface area contributed by atoms with E-state index in [0.29, 0.717) is 24.8 Å². The summed E-state index contributed by atoms with van der Waals surface area (Å²) in [5.41, 5.74) is 1.89. The molecule has 1 saturated heterocycles. The fourth-order valence-electron chi connectivity index (χ4n) is 2.61. The molecule has 1 amide bonds. The normalized spacial score (nSPS) is 17.5. The second-order valence-corrected chi connectivity index (χ2v) is 6.83. The highest BCUT2D eigenvalue weighted by Gasteiger charge is 2.18. The fourth-order valence-corrected chi connectivity index (χ4v) is 3.46. The van der Waals surface area contributed by atoms with Gasteiger partial charge in [-0.05, 0) is 31.2 Å². The van der Waals surface area contributed by atoms with Crippen molar-refractivity contribution in [3.8, 4) is 17.0 Å². The molecule has 6 nitrogen and oxygen atoms in total. The van der Waals surface area contributed by atoms with Crippen molar-refractivity contribution < 1.29 is 14.3 Å². The molecule has 2 aromatic rings. The number of methoxy groups -OCH3 is 1. The first-order chi connectivity index (χ1) is 11.7. The smallest absolute Gasteiger partial charge is 0.227 e. The van der Waals surface area contributed by atoms with Gasteiger partial charge in [0.2, 0.25) is 5.91 Å². The van der Waals surface area contributed by atoms with Gasteiger partial charge in [-0.25, -0.2) is 4.98 Å². The van der Waals surface area contributed by atoms with E-state index in [2.05, 4.69) is 15.6 Å². The van der Waals surface area contributed by atoms with E-state index in [9.17, 15) is 4.79 Å². The van der Waals surface area contributed by atoms with E-state index < -0.39 is 0 Å². The van der Waals surface area contributed by atoms with Crippen LogP contribution < -0.4 is 15.4 Å². The zero-order chi connectivity index (χ0) is 16.9. The van der Waals surface area contributed by atoms with Crippen molar-refractivity contribution in [1.82, 2.24) is 10.3 Å². The molecule has 2 N–H and O–H groups in total. The summed E-state index contributed by atoms with van der Waals surface area (Å²) in [5, 5.41) is 6.79. The number of nitrogens with one attached hydrogen (secondary N) is 2. The number of carbonyl (C=O) groups is 1. The van der Waals surface area contributed by atoms with E-state index in [0.717, 1.165) is 28.4 Å². The zero-order valence-electron chi connectivity index (χ0n) is 13.8. The summed E-state index contributed by atoms with van der Waals surface area (Å²) in [5.74, 6) is 0.760. The van der Waals surface area contributed by atoms with Crippen LogP contribution in [0.2, 0.25) is 0 Å². The molecule has 0 aliphatic carbocycles. The maximum absolute atomic E-state index is 12.2. The van der Waals surface area contributed by atoms with E-state index in [-0.39, 0.29) is 11.9 Å². The van der Waals surface area contributed by atoms with E-state index >= 15 is 0 Å². The summed E-state index contributed by atoms with van der Waals surface area (Å²) in [7, 11) is 1.64. The minimum Gasteiger partial charge on any atom is -0.497 e. The SMILES string of the molecule is COc1ccc(-c2nc(NC(=O)CC3COCCN3)sc2C)cc1. The summed E-state index contributed by atoms with van der Waals surface area (Å²) in [6.45, 7) is 4.07. The van der Waals surface area contributed by atoms with Gasteiger partial charge in [0.05, 0.1) is 26.0 Å². The zero-order valence-corrected chi connectivity index (χ0v) is 14.6. The number of benzene rings is 1. The minimum atomic E-state index is -0.0481. The molecule has 1 aromatic heterocycles. The molecule has 3 rings (SSSR count). The second-order valence-electron chi connectivity index (χ2n) is 5.63. The maximum atomic E-state index is 12.2. The van der Waals surface area contributed by atoms with E-state index in [4.69, 9.17) is 9.47 Å². The van der Waals surface area contributed by atoms with Crippen molar-refractivity contribution in [2.45, 2.75) is 19.4 Å². The Labute approximate surface area is 145 Å². The number of aromatic nitrogens is 1. The van der Waals surface area contributed by atoms with Crippen molar-refractivity contribution in [1.29, 1.82) is 0 Å². The van der Waals surface area contributed by atoms with Crippen LogP contribution in [-0.2, 0) is 9.53 Å². The number of amides is 1. The molecule has 1 aliphatic rings. The highest BCUT2D eigenvalue weighted by atomic mass is 32.1. The third-order valence-electron chi connectivity index (χ3n) is 3.84. The Bertz CT molecular complexity index is 694. The Morgan fingerprint density at radius 3 is 2.92 bits per heavy atom. The van der Waals surface area contributed by atoms with Gasteiger partial charge in [-0.15, -0.1) is 11.3 Å². The van der Waals surface area contributed by atoms with Crippen LogP contribution in [0.15, 0.2) is 24.3 Å². The Morgan fingerprint density at radius 2 is 2.25 bits per heavy atom. The van der Waals surface area contributed by atoms with Crippen molar-refractivity contribution in [2.24, 2.45) is 0 Å². The molecule has 1 atom stereocenters. The largest absolute Gasteiger partial charge is 0.497 e. The molecule has 24 heavy (non-hydrogen) atoms. The highest BCUT2D eigenvalue weighted by molar-refractivity contribution is 7.16. The lowest BCUT2D eigenvalue weighted by Gasteiger charge is -2.22. The number of thiazole rings is 1. The summed E-state index contributed by atoms with van der Waals surface area (Å²) < 4.78 is 10.5. The summed E-state index contributed by atoms with van der Waals surface area (Å²) in [6, 6.07) is 7.81. The lowest BCUT2D eigenvalue weighted by atomic mass is 10.1. The third kappa shape index (κ3) is 4.11. The molecule has 0 bridgehead atoms. The van der Waals surface area contributed by atoms with Crippen LogP contribution in [0.3, 0.4) is 0 Å². The van der Waals surface area contributed by atoms with Gasteiger partial charge in [-0.2, -0.15) is 0 Å². The summed E-state index contributed by atoms with van der Waals surface area (Å²) in [6.07, 6.45) is 0.385. The summed E-state index contributed by atoms with van der Waals surface area (Å²) >= 11 is 1.48. The number of morpholine rings is 1. The van der Waals surface area contributed by atoms with Gasteiger partial charge >= 0.3 is 0 Å². The van der Waals surface area contributed by atoms with Gasteiger partial charge in [0, 0.05) is 29.4 Å². The van der Waals surface area contributed by atoms with Gasteiger partial charge < -0.3 is 20.1 Å². The number of ether oxygens (including phenoxy) is 2. The third-order valence-corrected chi connectivity index (χ3v) is 4.72. The van der Waals surface area contributed by atoms with Crippen LogP contribution >= 0.6 is 11.3 Å². The van der Waals surface area contributed by atoms with E-state index in [1.54, 1.807) is 7.11 Å². The molecule has 1 aromatic carbocycles. The van der Waals surface area contributed by atoms with Crippen LogP contribution in [0.1, 0.15) is 11.3 Å². The lowest BCUT2D eigenvalue weighted by Crippen LogP contribution is -2.43. The molecular formula is C17H21N3O3S. The van der Waals surface area contributed by atoms with Gasteiger partial charge in [0.25, 0.3) is 0 Å². The number of hydrogen-bond donors (Lipinski definition) is 2. The van der Waals surface area contributed by atoms with Crippen LogP contribution in [-0.4, -0.2) is 43.8 Å². The predicted octanol–water partition coefficient (Wildman–Crippen LogP) is 2.44.